The summed E-state index contributed by atoms with van der Waals surface area (Å²) in [5, 5.41) is 7.12. The first-order valence-corrected chi connectivity index (χ1v) is 6.29. The predicted octanol–water partition coefficient (Wildman–Crippen LogP) is 0.918. The van der Waals surface area contributed by atoms with Gasteiger partial charge in [0.1, 0.15) is 0 Å². The quantitative estimate of drug-likeness (QED) is 0.506. The lowest BCUT2D eigenvalue weighted by molar-refractivity contribution is -0.192. The molecule has 0 saturated carbocycles. The summed E-state index contributed by atoms with van der Waals surface area (Å²) in [6.45, 7) is 1.53. The summed E-state index contributed by atoms with van der Waals surface area (Å²) in [7, 11) is 3.58. The molecule has 0 aliphatic carbocycles. The summed E-state index contributed by atoms with van der Waals surface area (Å²) in [4.78, 5) is 8.90. The molecule has 0 atom stereocenters. The van der Waals surface area contributed by atoms with Crippen molar-refractivity contribution < 1.29 is 23.1 Å². The van der Waals surface area contributed by atoms with E-state index in [4.69, 9.17) is 21.4 Å². The number of nitrogens with two attached hydrogens (primary N) is 2. The summed E-state index contributed by atoms with van der Waals surface area (Å²) >= 11 is 0. The molecule has 0 aromatic carbocycles. The fourth-order valence-electron chi connectivity index (χ4n) is 0.214. The van der Waals surface area contributed by atoms with E-state index in [2.05, 4.69) is 0 Å². The highest BCUT2D eigenvalue weighted by Crippen LogP contribution is 2.18. The first-order valence-electron chi connectivity index (χ1n) is 3.81. The molecule has 0 bridgehead atoms. The summed E-state index contributed by atoms with van der Waals surface area (Å²) < 4.78 is 31.7. The van der Waals surface area contributed by atoms with E-state index < -0.39 is 12.1 Å². The van der Waals surface area contributed by atoms with Gasteiger partial charge in [-0.25, -0.2) is 4.79 Å². The van der Waals surface area contributed by atoms with E-state index in [9.17, 15) is 13.2 Å². The third-order valence-corrected chi connectivity index (χ3v) is 3.20. The maximum atomic E-state index is 10.6. The molecule has 0 unspecified atom stereocenters. The minimum atomic E-state index is -5.08. The summed E-state index contributed by atoms with van der Waals surface area (Å²) in [5.41, 5.74) is 10.5. The van der Waals surface area contributed by atoms with Crippen LogP contribution in [-0.2, 0) is 4.79 Å². The summed E-state index contributed by atoms with van der Waals surface area (Å²) in [5.74, 6) is -0.692. The number of carbonyl (C=O) groups is 1. The Morgan fingerprint density at radius 3 is 1.53 bits per heavy atom. The van der Waals surface area contributed by atoms with Crippen molar-refractivity contribution in [1.29, 1.82) is 0 Å². The van der Waals surface area contributed by atoms with E-state index in [0.29, 0.717) is 0 Å². The zero-order valence-corrected chi connectivity index (χ0v) is 9.42. The molecule has 92 valence electrons. The van der Waals surface area contributed by atoms with Gasteiger partial charge < -0.3 is 16.6 Å². The lowest BCUT2D eigenvalue weighted by Crippen LogP contribution is -2.21. The highest BCUT2D eigenvalue weighted by Gasteiger charge is 2.38. The Kier molecular flexibility index (Phi) is 12.0. The number of halogens is 3. The Morgan fingerprint density at radius 2 is 1.40 bits per heavy atom. The number of carboxylic acid groups (broad SMARTS) is 1. The molecule has 0 radical (unpaired) electrons. The smallest absolute Gasteiger partial charge is 0.475 e. The molecule has 0 saturated heterocycles. The molecular formula is C6H13F3N2O2S2. The minimum Gasteiger partial charge on any atom is -0.475 e. The first kappa shape index (κ1) is 17.3. The zero-order valence-electron chi connectivity index (χ0n) is 7.79. The largest absolute Gasteiger partial charge is 0.490 e. The number of carboxylic acids is 1. The maximum Gasteiger partial charge on any atom is 0.490 e. The van der Waals surface area contributed by atoms with Crippen molar-refractivity contribution in [3.8, 4) is 0 Å². The lowest BCUT2D eigenvalue weighted by Gasteiger charge is -1.93. The molecule has 0 fully saturated rings. The highest BCUT2D eigenvalue weighted by molar-refractivity contribution is 8.76. The van der Waals surface area contributed by atoms with Crippen LogP contribution in [0.2, 0.25) is 0 Å². The van der Waals surface area contributed by atoms with Crippen molar-refractivity contribution in [2.75, 3.05) is 24.6 Å². The van der Waals surface area contributed by atoms with E-state index in [1.807, 2.05) is 0 Å². The van der Waals surface area contributed by atoms with Crippen molar-refractivity contribution in [3.63, 3.8) is 0 Å². The molecule has 0 aliphatic rings. The molecule has 15 heavy (non-hydrogen) atoms. The first-order chi connectivity index (χ1) is 6.86. The number of rotatable bonds is 5. The van der Waals surface area contributed by atoms with Gasteiger partial charge in [-0.05, 0) is 0 Å². The molecule has 0 heterocycles. The van der Waals surface area contributed by atoms with Crippen LogP contribution in [0.3, 0.4) is 0 Å². The zero-order chi connectivity index (χ0) is 12.3. The average Bonchev–Trinajstić information content (AvgIpc) is 2.12. The van der Waals surface area contributed by atoms with Gasteiger partial charge in [-0.15, -0.1) is 0 Å². The van der Waals surface area contributed by atoms with Crippen LogP contribution in [0.1, 0.15) is 0 Å². The second-order valence-corrected chi connectivity index (χ2v) is 4.73. The SMILES string of the molecule is NCCSSCCN.O=C(O)C(F)(F)F. The normalized spacial score (nSPS) is 10.5. The minimum absolute atomic E-state index is 0.766. The maximum absolute atomic E-state index is 10.6. The van der Waals surface area contributed by atoms with Crippen LogP contribution in [0.15, 0.2) is 0 Å². The second-order valence-electron chi connectivity index (χ2n) is 2.02. The van der Waals surface area contributed by atoms with E-state index in [1.165, 1.54) is 0 Å². The third kappa shape index (κ3) is 16.5. The Bertz CT molecular complexity index is 163. The van der Waals surface area contributed by atoms with Gasteiger partial charge in [0.05, 0.1) is 0 Å². The van der Waals surface area contributed by atoms with Crippen molar-refractivity contribution >= 4 is 27.6 Å². The fraction of sp³-hybridized carbons (Fsp3) is 0.833. The Balaban J connectivity index is 0. The van der Waals surface area contributed by atoms with E-state index in [0.717, 1.165) is 24.6 Å². The molecule has 0 aliphatic heterocycles. The number of alkyl halides is 3. The highest BCUT2D eigenvalue weighted by atomic mass is 33.1. The second kappa shape index (κ2) is 10.4. The Hall–Kier alpha value is -0.120. The topological polar surface area (TPSA) is 89.3 Å². The molecule has 4 nitrogen and oxygen atoms in total. The van der Waals surface area contributed by atoms with Gasteiger partial charge in [0, 0.05) is 24.6 Å². The molecular weight excluding hydrogens is 253 g/mol. The Labute approximate surface area is 93.3 Å². The average molecular weight is 266 g/mol. The number of aliphatic carboxylic acids is 1. The number of hydrogen-bond donors (Lipinski definition) is 3. The van der Waals surface area contributed by atoms with Gasteiger partial charge in [-0.3, -0.25) is 0 Å². The van der Waals surface area contributed by atoms with Gasteiger partial charge in [-0.1, -0.05) is 21.6 Å². The summed E-state index contributed by atoms with van der Waals surface area (Å²) in [6, 6.07) is 0. The van der Waals surface area contributed by atoms with E-state index >= 15 is 0 Å². The van der Waals surface area contributed by atoms with Crippen molar-refractivity contribution in [2.24, 2.45) is 11.5 Å². The predicted molar refractivity (Wildman–Crippen MR) is 56.7 cm³/mol. The van der Waals surface area contributed by atoms with Crippen molar-refractivity contribution in [3.05, 3.63) is 0 Å². The van der Waals surface area contributed by atoms with Crippen LogP contribution < -0.4 is 11.5 Å². The van der Waals surface area contributed by atoms with Crippen LogP contribution in [0.25, 0.3) is 0 Å². The standard InChI is InChI=1S/C4H12N2S2.C2HF3O2/c5-1-3-7-8-4-2-6;3-2(4,5)1(6)7/h1-6H2;(H,6,7). The van der Waals surface area contributed by atoms with Gasteiger partial charge >= 0.3 is 12.1 Å². The lowest BCUT2D eigenvalue weighted by atomic mass is 10.7. The van der Waals surface area contributed by atoms with Crippen LogP contribution >= 0.6 is 21.6 Å². The van der Waals surface area contributed by atoms with Crippen molar-refractivity contribution in [2.45, 2.75) is 6.18 Å². The van der Waals surface area contributed by atoms with E-state index in [-0.39, 0.29) is 0 Å². The van der Waals surface area contributed by atoms with Crippen LogP contribution in [0, 0.1) is 0 Å². The molecule has 0 aromatic rings. The molecule has 0 rings (SSSR count). The molecule has 9 heteroatoms. The molecule has 0 amide bonds. The monoisotopic (exact) mass is 266 g/mol. The number of hydrogen-bond acceptors (Lipinski definition) is 5. The molecule has 5 N–H and O–H groups in total. The van der Waals surface area contributed by atoms with Gasteiger partial charge in [0.15, 0.2) is 0 Å². The van der Waals surface area contributed by atoms with Gasteiger partial charge in [-0.2, -0.15) is 13.2 Å². The third-order valence-electron chi connectivity index (χ3n) is 0.728. The van der Waals surface area contributed by atoms with Crippen molar-refractivity contribution in [1.82, 2.24) is 0 Å². The molecule has 0 spiro atoms. The van der Waals surface area contributed by atoms with Gasteiger partial charge in [0.2, 0.25) is 0 Å². The molecule has 0 aromatic heterocycles. The van der Waals surface area contributed by atoms with Crippen LogP contribution in [-0.4, -0.2) is 41.8 Å². The van der Waals surface area contributed by atoms with E-state index in [1.54, 1.807) is 21.6 Å². The fourth-order valence-corrected chi connectivity index (χ4v) is 1.93. The van der Waals surface area contributed by atoms with Crippen LogP contribution in [0.4, 0.5) is 13.2 Å². The summed E-state index contributed by atoms with van der Waals surface area (Å²) in [6.07, 6.45) is -5.08. The van der Waals surface area contributed by atoms with Crippen LogP contribution in [0.5, 0.6) is 0 Å². The van der Waals surface area contributed by atoms with Gasteiger partial charge in [0.25, 0.3) is 0 Å². The Morgan fingerprint density at radius 1 is 1.13 bits per heavy atom.